The quantitative estimate of drug-likeness (QED) is 0.401. The number of nitrogens with one attached hydrogen (secondary N) is 1. The number of amides is 2. The molecule has 1 atom stereocenters. The Balaban J connectivity index is 2.02. The monoisotopic (exact) mass is 555 g/mol. The fourth-order valence-corrected chi connectivity index (χ4v) is 5.28. The minimum Gasteiger partial charge on any atom is -0.497 e. The molecule has 39 heavy (non-hydrogen) atoms. The molecule has 1 N–H and O–H groups in total. The number of sulfonamides is 1. The van der Waals surface area contributed by atoms with Gasteiger partial charge in [-0.1, -0.05) is 30.3 Å². The summed E-state index contributed by atoms with van der Waals surface area (Å²) < 4.78 is 47.2. The first-order valence-corrected chi connectivity index (χ1v) is 13.8. The van der Waals surface area contributed by atoms with E-state index in [2.05, 4.69) is 5.32 Å². The molecule has 3 rings (SSSR count). The van der Waals surface area contributed by atoms with Crippen LogP contribution >= 0.6 is 0 Å². The van der Waals surface area contributed by atoms with E-state index in [1.54, 1.807) is 49.4 Å². The minimum atomic E-state index is -4.16. The predicted octanol–water partition coefficient (Wildman–Crippen LogP) is 4.36. The van der Waals surface area contributed by atoms with Crippen molar-refractivity contribution in [1.82, 2.24) is 10.2 Å². The Morgan fingerprint density at radius 2 is 1.54 bits per heavy atom. The minimum absolute atomic E-state index is 0.0113. The zero-order chi connectivity index (χ0) is 28.8. The summed E-state index contributed by atoms with van der Waals surface area (Å²) in [5.41, 5.74) is 0.283. The fraction of sp³-hybridized carbons (Fsp3) is 0.310. The average Bonchev–Trinajstić information content (AvgIpc) is 2.90. The molecule has 3 aromatic carbocycles. The molecule has 10 heteroatoms. The SMILES string of the molecule is COc1ccc(N(CC(=O)N(Cc2ccc(F)cc2)[C@H](C)C(=O)NC(C)(C)C)S(=O)(=O)c2ccccc2)cc1. The Hall–Kier alpha value is -3.92. The third-order valence-corrected chi connectivity index (χ3v) is 7.69. The number of methoxy groups -OCH3 is 1. The number of rotatable bonds is 10. The molecule has 8 nitrogen and oxygen atoms in total. The van der Waals surface area contributed by atoms with E-state index in [0.717, 1.165) is 4.31 Å². The van der Waals surface area contributed by atoms with Crippen LogP contribution in [0, 0.1) is 5.82 Å². The fourth-order valence-electron chi connectivity index (χ4n) is 3.84. The van der Waals surface area contributed by atoms with E-state index in [1.165, 1.54) is 48.4 Å². The van der Waals surface area contributed by atoms with Crippen molar-refractivity contribution >= 4 is 27.5 Å². The number of ether oxygens (including phenoxy) is 1. The van der Waals surface area contributed by atoms with E-state index < -0.39 is 45.8 Å². The number of hydrogen-bond acceptors (Lipinski definition) is 5. The maximum Gasteiger partial charge on any atom is 0.264 e. The van der Waals surface area contributed by atoms with Gasteiger partial charge in [-0.2, -0.15) is 0 Å². The molecule has 0 heterocycles. The van der Waals surface area contributed by atoms with Crippen molar-refractivity contribution in [3.05, 3.63) is 90.2 Å². The maximum absolute atomic E-state index is 13.9. The normalized spacial score (nSPS) is 12.4. The second-order valence-electron chi connectivity index (χ2n) is 10.1. The second kappa shape index (κ2) is 12.3. The standard InChI is InChI=1S/C29H34FN3O5S/c1-21(28(35)31-29(2,3)4)32(19-22-11-13-23(30)14-12-22)27(34)20-33(24-15-17-25(38-5)18-16-24)39(36,37)26-9-7-6-8-10-26/h6-18,21H,19-20H2,1-5H3,(H,31,35)/t21-/m1/s1. The topological polar surface area (TPSA) is 96.0 Å². The van der Waals surface area contributed by atoms with Gasteiger partial charge >= 0.3 is 0 Å². The van der Waals surface area contributed by atoms with Gasteiger partial charge in [-0.25, -0.2) is 12.8 Å². The van der Waals surface area contributed by atoms with E-state index in [1.807, 2.05) is 20.8 Å². The van der Waals surface area contributed by atoms with Crippen LogP contribution in [0.3, 0.4) is 0 Å². The van der Waals surface area contributed by atoms with E-state index in [9.17, 15) is 22.4 Å². The molecule has 0 saturated heterocycles. The molecule has 0 aliphatic heterocycles. The van der Waals surface area contributed by atoms with Crippen molar-refractivity contribution in [2.24, 2.45) is 0 Å². The molecule has 0 fully saturated rings. The summed E-state index contributed by atoms with van der Waals surface area (Å²) in [6.07, 6.45) is 0. The van der Waals surface area contributed by atoms with Gasteiger partial charge in [-0.3, -0.25) is 13.9 Å². The molecule has 208 valence electrons. The van der Waals surface area contributed by atoms with Crippen LogP contribution in [-0.2, 0) is 26.2 Å². The molecule has 0 aromatic heterocycles. The number of carbonyl (C=O) groups excluding carboxylic acids is 2. The van der Waals surface area contributed by atoms with Crippen LogP contribution in [0.4, 0.5) is 10.1 Å². The highest BCUT2D eigenvalue weighted by Crippen LogP contribution is 2.26. The summed E-state index contributed by atoms with van der Waals surface area (Å²) >= 11 is 0. The van der Waals surface area contributed by atoms with Crippen LogP contribution in [0.25, 0.3) is 0 Å². The first kappa shape index (κ1) is 29.6. The van der Waals surface area contributed by atoms with Gasteiger partial charge in [0, 0.05) is 12.1 Å². The van der Waals surface area contributed by atoms with Gasteiger partial charge in [0.05, 0.1) is 17.7 Å². The average molecular weight is 556 g/mol. The van der Waals surface area contributed by atoms with Crippen molar-refractivity contribution in [1.29, 1.82) is 0 Å². The molecule has 0 saturated carbocycles. The Morgan fingerprint density at radius 1 is 0.949 bits per heavy atom. The van der Waals surface area contributed by atoms with E-state index in [0.29, 0.717) is 11.3 Å². The highest BCUT2D eigenvalue weighted by molar-refractivity contribution is 7.92. The first-order chi connectivity index (χ1) is 18.3. The number of anilines is 1. The lowest BCUT2D eigenvalue weighted by Crippen LogP contribution is -2.54. The summed E-state index contributed by atoms with van der Waals surface area (Å²) in [6.45, 7) is 6.44. The van der Waals surface area contributed by atoms with Gasteiger partial charge in [0.2, 0.25) is 11.8 Å². The number of benzene rings is 3. The maximum atomic E-state index is 13.9. The molecule has 2 amide bonds. The van der Waals surface area contributed by atoms with Gasteiger partial charge in [-0.15, -0.1) is 0 Å². The Labute approximate surface area is 229 Å². The van der Waals surface area contributed by atoms with Crippen molar-refractivity contribution < 1.29 is 27.1 Å². The lowest BCUT2D eigenvalue weighted by Gasteiger charge is -2.33. The summed E-state index contributed by atoms with van der Waals surface area (Å²) in [6, 6.07) is 18.7. The van der Waals surface area contributed by atoms with E-state index >= 15 is 0 Å². The second-order valence-corrected chi connectivity index (χ2v) is 11.9. The zero-order valence-corrected chi connectivity index (χ0v) is 23.5. The van der Waals surface area contributed by atoms with Crippen LogP contribution in [0.5, 0.6) is 5.75 Å². The predicted molar refractivity (Wildman–Crippen MR) is 148 cm³/mol. The number of hydrogen-bond donors (Lipinski definition) is 1. The van der Waals surface area contributed by atoms with Crippen LogP contribution in [-0.4, -0.2) is 50.4 Å². The lowest BCUT2D eigenvalue weighted by atomic mass is 10.1. The van der Waals surface area contributed by atoms with Gasteiger partial charge < -0.3 is 15.0 Å². The molecule has 0 radical (unpaired) electrons. The van der Waals surface area contributed by atoms with Crippen molar-refractivity contribution in [2.45, 2.75) is 50.7 Å². The number of carbonyl (C=O) groups is 2. The highest BCUT2D eigenvalue weighted by Gasteiger charge is 2.33. The van der Waals surface area contributed by atoms with Crippen LogP contribution in [0.1, 0.15) is 33.3 Å². The zero-order valence-electron chi connectivity index (χ0n) is 22.7. The molecule has 0 aliphatic carbocycles. The lowest BCUT2D eigenvalue weighted by molar-refractivity contribution is -0.140. The van der Waals surface area contributed by atoms with Gasteiger partial charge in [-0.05, 0) is 81.8 Å². The summed E-state index contributed by atoms with van der Waals surface area (Å²) in [5, 5.41) is 2.86. The van der Waals surface area contributed by atoms with Gasteiger partial charge in [0.1, 0.15) is 24.2 Å². The highest BCUT2D eigenvalue weighted by atomic mass is 32.2. The molecule has 0 spiro atoms. The molecule has 0 bridgehead atoms. The van der Waals surface area contributed by atoms with Gasteiger partial charge in [0.15, 0.2) is 0 Å². The molecular weight excluding hydrogens is 521 g/mol. The summed E-state index contributed by atoms with van der Waals surface area (Å²) in [7, 11) is -2.67. The van der Waals surface area contributed by atoms with Crippen LogP contribution < -0.4 is 14.4 Å². The smallest absolute Gasteiger partial charge is 0.264 e. The Kier molecular flexibility index (Phi) is 9.34. The Bertz CT molecular complexity index is 1370. The van der Waals surface area contributed by atoms with Crippen LogP contribution in [0.15, 0.2) is 83.8 Å². The molecular formula is C29H34FN3O5S. The third kappa shape index (κ3) is 7.79. The number of halogens is 1. The van der Waals surface area contributed by atoms with Crippen molar-refractivity contribution in [3.8, 4) is 5.75 Å². The summed E-state index contributed by atoms with van der Waals surface area (Å²) in [4.78, 5) is 28.2. The molecule has 0 unspecified atom stereocenters. The van der Waals surface area contributed by atoms with E-state index in [4.69, 9.17) is 4.74 Å². The first-order valence-electron chi connectivity index (χ1n) is 12.4. The van der Waals surface area contributed by atoms with E-state index in [-0.39, 0.29) is 17.1 Å². The van der Waals surface area contributed by atoms with Crippen molar-refractivity contribution in [3.63, 3.8) is 0 Å². The largest absolute Gasteiger partial charge is 0.497 e. The molecule has 0 aliphatic rings. The van der Waals surface area contributed by atoms with Crippen LogP contribution in [0.2, 0.25) is 0 Å². The van der Waals surface area contributed by atoms with Gasteiger partial charge in [0.25, 0.3) is 10.0 Å². The number of nitrogens with zero attached hydrogens (tertiary/aromatic N) is 2. The third-order valence-electron chi connectivity index (χ3n) is 5.90. The molecule has 3 aromatic rings. The van der Waals surface area contributed by atoms with Crippen molar-refractivity contribution in [2.75, 3.05) is 18.0 Å². The Morgan fingerprint density at radius 3 is 2.08 bits per heavy atom. The summed E-state index contributed by atoms with van der Waals surface area (Å²) in [5.74, 6) is -0.923.